The zero-order valence-electron chi connectivity index (χ0n) is 27.9. The van der Waals surface area contributed by atoms with Crippen LogP contribution in [0.1, 0.15) is 23.6 Å². The van der Waals surface area contributed by atoms with Crippen LogP contribution in [-0.4, -0.2) is 16.5 Å². The van der Waals surface area contributed by atoms with Crippen molar-refractivity contribution in [2.75, 3.05) is 0 Å². The van der Waals surface area contributed by atoms with Gasteiger partial charge in [0.05, 0.1) is 6.54 Å². The van der Waals surface area contributed by atoms with Gasteiger partial charge in [-0.15, -0.1) is 0 Å². The SMILES string of the molecule is C/C(=N\C(=N/Cc1ccccc1)c1cccc(-c2cccnc2)c1)c1cccc(-c2c3ccccc3c(-c3ccccc3)c3ccccc23)c1. The first-order chi connectivity index (χ1) is 24.7. The monoisotopic (exact) mass is 641 g/mol. The number of hydrogen-bond donors (Lipinski definition) is 0. The number of pyridine rings is 1. The molecule has 238 valence electrons. The summed E-state index contributed by atoms with van der Waals surface area (Å²) in [5, 5.41) is 4.95. The average Bonchev–Trinajstić information content (AvgIpc) is 3.19. The van der Waals surface area contributed by atoms with Gasteiger partial charge in [-0.2, -0.15) is 0 Å². The molecule has 7 aromatic carbocycles. The molecule has 0 unspecified atom stereocenters. The third-order valence-corrected chi connectivity index (χ3v) is 9.21. The molecule has 8 rings (SSSR count). The topological polar surface area (TPSA) is 37.6 Å². The van der Waals surface area contributed by atoms with Crippen LogP contribution >= 0.6 is 0 Å². The number of benzene rings is 7. The predicted molar refractivity (Wildman–Crippen MR) is 211 cm³/mol. The fourth-order valence-corrected chi connectivity index (χ4v) is 6.79. The summed E-state index contributed by atoms with van der Waals surface area (Å²) in [6, 6.07) is 59.8. The van der Waals surface area contributed by atoms with Crippen molar-refractivity contribution in [2.24, 2.45) is 9.98 Å². The van der Waals surface area contributed by atoms with E-state index in [0.29, 0.717) is 12.4 Å². The Morgan fingerprint density at radius 3 is 1.64 bits per heavy atom. The van der Waals surface area contributed by atoms with Crippen molar-refractivity contribution in [2.45, 2.75) is 13.5 Å². The lowest BCUT2D eigenvalue weighted by atomic mass is 9.85. The van der Waals surface area contributed by atoms with Crippen molar-refractivity contribution < 1.29 is 0 Å². The van der Waals surface area contributed by atoms with Gasteiger partial charge in [-0.25, -0.2) is 4.99 Å². The van der Waals surface area contributed by atoms with Crippen molar-refractivity contribution in [1.82, 2.24) is 4.98 Å². The molecule has 50 heavy (non-hydrogen) atoms. The zero-order chi connectivity index (χ0) is 33.7. The highest BCUT2D eigenvalue weighted by molar-refractivity contribution is 6.21. The molecule has 1 aromatic heterocycles. The Kier molecular flexibility index (Phi) is 8.61. The van der Waals surface area contributed by atoms with Crippen LogP contribution in [0.25, 0.3) is 54.9 Å². The summed E-state index contributed by atoms with van der Waals surface area (Å²) in [6.07, 6.45) is 3.69. The molecule has 0 N–H and O–H groups in total. The highest BCUT2D eigenvalue weighted by Gasteiger charge is 2.17. The van der Waals surface area contributed by atoms with Gasteiger partial charge in [0, 0.05) is 29.2 Å². The summed E-state index contributed by atoms with van der Waals surface area (Å²) >= 11 is 0. The largest absolute Gasteiger partial charge is 0.264 e. The molecule has 3 nitrogen and oxygen atoms in total. The van der Waals surface area contributed by atoms with Crippen molar-refractivity contribution >= 4 is 33.1 Å². The maximum atomic E-state index is 5.23. The smallest absolute Gasteiger partial charge is 0.155 e. The number of aliphatic imine (C=N–C) groups is 2. The predicted octanol–water partition coefficient (Wildman–Crippen LogP) is 11.8. The van der Waals surface area contributed by atoms with E-state index >= 15 is 0 Å². The minimum Gasteiger partial charge on any atom is -0.264 e. The Hall–Kier alpha value is -6.45. The van der Waals surface area contributed by atoms with Crippen molar-refractivity contribution in [3.63, 3.8) is 0 Å². The number of nitrogens with zero attached hydrogens (tertiary/aromatic N) is 3. The number of amidine groups is 1. The van der Waals surface area contributed by atoms with E-state index in [0.717, 1.165) is 39.1 Å². The van der Waals surface area contributed by atoms with Crippen LogP contribution in [0.5, 0.6) is 0 Å². The number of rotatable bonds is 7. The maximum absolute atomic E-state index is 5.23. The summed E-state index contributed by atoms with van der Waals surface area (Å²) in [7, 11) is 0. The molecule has 8 aromatic rings. The van der Waals surface area contributed by atoms with Crippen molar-refractivity contribution in [3.05, 3.63) is 199 Å². The second kappa shape index (κ2) is 14.0. The lowest BCUT2D eigenvalue weighted by Crippen LogP contribution is -2.05. The van der Waals surface area contributed by atoms with E-state index in [-0.39, 0.29) is 0 Å². The molecule has 0 radical (unpaired) electrons. The highest BCUT2D eigenvalue weighted by Crippen LogP contribution is 2.43. The zero-order valence-corrected chi connectivity index (χ0v) is 27.9. The molecule has 3 heteroatoms. The standard InChI is InChI=1S/C47H35N3/c1-33(50-47(49-31-34-15-4-2-5-16-34)39-22-13-20-37(30-39)40-23-14-28-48-32-40)36-19-12-21-38(29-36)46-43-26-10-8-24-41(43)45(35-17-6-3-7-18-35)42-25-9-11-27-44(42)46/h2-30,32H,31H2,1H3/b49-47-,50-33+. The van der Waals surface area contributed by atoms with Crippen LogP contribution in [0.4, 0.5) is 0 Å². The normalized spacial score (nSPS) is 12.0. The average molecular weight is 642 g/mol. The molecule has 0 aliphatic rings. The fourth-order valence-electron chi connectivity index (χ4n) is 6.79. The van der Waals surface area contributed by atoms with Crippen LogP contribution in [0, 0.1) is 0 Å². The van der Waals surface area contributed by atoms with Gasteiger partial charge < -0.3 is 0 Å². The van der Waals surface area contributed by atoms with Crippen LogP contribution in [0.2, 0.25) is 0 Å². The Morgan fingerprint density at radius 2 is 1.00 bits per heavy atom. The minimum absolute atomic E-state index is 0.538. The van der Waals surface area contributed by atoms with Gasteiger partial charge in [-0.3, -0.25) is 9.98 Å². The molecule has 0 saturated carbocycles. The third-order valence-electron chi connectivity index (χ3n) is 9.21. The first-order valence-electron chi connectivity index (χ1n) is 17.0. The Labute approximate surface area is 293 Å². The molecule has 1 heterocycles. The fraction of sp³-hybridized carbons (Fsp3) is 0.0426. The highest BCUT2D eigenvalue weighted by atomic mass is 14.9. The van der Waals surface area contributed by atoms with Gasteiger partial charge in [-0.05, 0) is 85.6 Å². The summed E-state index contributed by atoms with van der Waals surface area (Å²) < 4.78 is 0. The molecule has 0 bridgehead atoms. The number of hydrogen-bond acceptors (Lipinski definition) is 2. The van der Waals surface area contributed by atoms with Gasteiger partial charge in [0.2, 0.25) is 0 Å². The molecule has 0 aliphatic heterocycles. The maximum Gasteiger partial charge on any atom is 0.155 e. The van der Waals surface area contributed by atoms with E-state index in [4.69, 9.17) is 9.98 Å². The van der Waals surface area contributed by atoms with Crippen molar-refractivity contribution in [1.29, 1.82) is 0 Å². The molecule has 0 amide bonds. The molecular weight excluding hydrogens is 607 g/mol. The second-order valence-corrected chi connectivity index (χ2v) is 12.4. The Balaban J connectivity index is 1.25. The van der Waals surface area contributed by atoms with E-state index in [1.807, 2.05) is 30.5 Å². The molecule has 0 atom stereocenters. The molecule has 0 saturated heterocycles. The van der Waals surface area contributed by atoms with Crippen LogP contribution < -0.4 is 0 Å². The van der Waals surface area contributed by atoms with Gasteiger partial charge in [-0.1, -0.05) is 152 Å². The van der Waals surface area contributed by atoms with Gasteiger partial charge in [0.25, 0.3) is 0 Å². The summed E-state index contributed by atoms with van der Waals surface area (Å²) in [5.74, 6) is 0.700. The van der Waals surface area contributed by atoms with Crippen LogP contribution in [0.15, 0.2) is 192 Å². The number of aromatic nitrogens is 1. The first kappa shape index (κ1) is 30.9. The third kappa shape index (κ3) is 6.25. The van der Waals surface area contributed by atoms with Crippen LogP contribution in [-0.2, 0) is 6.54 Å². The van der Waals surface area contributed by atoms with Gasteiger partial charge >= 0.3 is 0 Å². The Morgan fingerprint density at radius 1 is 0.480 bits per heavy atom. The summed E-state index contributed by atoms with van der Waals surface area (Å²) in [5.41, 5.74) is 11.1. The van der Waals surface area contributed by atoms with E-state index in [9.17, 15) is 0 Å². The first-order valence-corrected chi connectivity index (χ1v) is 17.0. The molecular formula is C47H35N3. The van der Waals surface area contributed by atoms with E-state index in [1.165, 1.54) is 38.2 Å². The van der Waals surface area contributed by atoms with E-state index in [1.54, 1.807) is 6.20 Å². The van der Waals surface area contributed by atoms with E-state index < -0.39 is 0 Å². The van der Waals surface area contributed by atoms with Gasteiger partial charge in [0.15, 0.2) is 5.84 Å². The summed E-state index contributed by atoms with van der Waals surface area (Å²) in [4.78, 5) is 14.6. The molecule has 0 spiro atoms. The number of fused-ring (bicyclic) bond motifs is 2. The lowest BCUT2D eigenvalue weighted by Gasteiger charge is -2.18. The Bertz CT molecular complexity index is 2440. The van der Waals surface area contributed by atoms with Crippen LogP contribution in [0.3, 0.4) is 0 Å². The lowest BCUT2D eigenvalue weighted by molar-refractivity contribution is 1.06. The van der Waals surface area contributed by atoms with Gasteiger partial charge in [0.1, 0.15) is 0 Å². The second-order valence-electron chi connectivity index (χ2n) is 12.4. The molecule has 0 aliphatic carbocycles. The molecule has 0 fully saturated rings. The van der Waals surface area contributed by atoms with E-state index in [2.05, 4.69) is 158 Å². The summed E-state index contributed by atoms with van der Waals surface area (Å²) in [6.45, 7) is 2.62. The van der Waals surface area contributed by atoms with Crippen molar-refractivity contribution in [3.8, 4) is 33.4 Å². The quantitative estimate of drug-likeness (QED) is 0.0969. The minimum atomic E-state index is 0.538.